The van der Waals surface area contributed by atoms with E-state index < -0.39 is 4.92 Å². The molecule has 1 rings (SSSR count). The highest BCUT2D eigenvalue weighted by Crippen LogP contribution is 2.11. The summed E-state index contributed by atoms with van der Waals surface area (Å²) in [5.41, 5.74) is 0.858. The summed E-state index contributed by atoms with van der Waals surface area (Å²) in [5, 5.41) is 10.4. The summed E-state index contributed by atoms with van der Waals surface area (Å²) in [5.74, 6) is 0. The molecular weight excluding hydrogens is 168 g/mol. The fraction of sp³-hybridized carbons (Fsp3) is 0.222. The Balaban J connectivity index is 2.92. The third-order valence-corrected chi connectivity index (χ3v) is 1.50. The van der Waals surface area contributed by atoms with Crippen LogP contribution in [0.1, 0.15) is 12.5 Å². The number of nitro benzene ring substituents is 1. The molecule has 0 spiro atoms. The number of benzene rings is 1. The summed E-state index contributed by atoms with van der Waals surface area (Å²) >= 11 is 0. The van der Waals surface area contributed by atoms with Gasteiger partial charge in [0.1, 0.15) is 0 Å². The monoisotopic (exact) mass is 178 g/mol. The molecule has 0 unspecified atom stereocenters. The van der Waals surface area contributed by atoms with E-state index in [0.717, 1.165) is 5.56 Å². The van der Waals surface area contributed by atoms with Crippen molar-refractivity contribution >= 4 is 11.9 Å². The quantitative estimate of drug-likeness (QED) is 0.404. The largest absolute Gasteiger partial charge is 0.293 e. The van der Waals surface area contributed by atoms with Crippen molar-refractivity contribution in [2.45, 2.75) is 6.92 Å². The van der Waals surface area contributed by atoms with Crippen LogP contribution in [-0.2, 0) is 0 Å². The van der Waals surface area contributed by atoms with Crippen LogP contribution < -0.4 is 0 Å². The van der Waals surface area contributed by atoms with Crippen molar-refractivity contribution in [3.05, 3.63) is 39.9 Å². The molecule has 0 atom stereocenters. The van der Waals surface area contributed by atoms with Crippen LogP contribution in [0, 0.1) is 10.1 Å². The van der Waals surface area contributed by atoms with Gasteiger partial charge in [-0.05, 0) is 12.5 Å². The van der Waals surface area contributed by atoms with E-state index in [4.69, 9.17) is 0 Å². The van der Waals surface area contributed by atoms with Crippen LogP contribution in [-0.4, -0.2) is 17.7 Å². The molecule has 0 fully saturated rings. The van der Waals surface area contributed by atoms with Crippen LogP contribution in [0.25, 0.3) is 0 Å². The highest BCUT2D eigenvalue weighted by molar-refractivity contribution is 5.80. The minimum Gasteiger partial charge on any atom is -0.293 e. The Kier molecular flexibility index (Phi) is 3.14. The van der Waals surface area contributed by atoms with Gasteiger partial charge in [0.25, 0.3) is 5.69 Å². The van der Waals surface area contributed by atoms with Gasteiger partial charge in [-0.25, -0.2) is 0 Å². The molecule has 0 amide bonds. The summed E-state index contributed by atoms with van der Waals surface area (Å²) in [7, 11) is 0. The van der Waals surface area contributed by atoms with E-state index >= 15 is 0 Å². The van der Waals surface area contributed by atoms with E-state index in [1.807, 2.05) is 6.92 Å². The van der Waals surface area contributed by atoms with Crippen LogP contribution in [0.4, 0.5) is 5.69 Å². The average Bonchev–Trinajstić information content (AvgIpc) is 2.15. The van der Waals surface area contributed by atoms with Crippen LogP contribution in [0.2, 0.25) is 0 Å². The first-order valence-electron chi connectivity index (χ1n) is 3.98. The molecule has 13 heavy (non-hydrogen) atoms. The molecule has 4 nitrogen and oxygen atoms in total. The number of nitro groups is 1. The SMILES string of the molecule is CCN=Cc1cccc([N+](=O)[O-])c1. The zero-order valence-corrected chi connectivity index (χ0v) is 7.30. The van der Waals surface area contributed by atoms with Gasteiger partial charge in [0.15, 0.2) is 0 Å². The van der Waals surface area contributed by atoms with Crippen molar-refractivity contribution in [2.24, 2.45) is 4.99 Å². The molecule has 1 aromatic rings. The van der Waals surface area contributed by atoms with E-state index in [9.17, 15) is 10.1 Å². The second kappa shape index (κ2) is 4.35. The molecule has 0 aromatic heterocycles. The molecule has 0 aliphatic carbocycles. The van der Waals surface area contributed by atoms with Gasteiger partial charge in [-0.15, -0.1) is 0 Å². The van der Waals surface area contributed by atoms with Crippen molar-refractivity contribution in [2.75, 3.05) is 6.54 Å². The standard InChI is InChI=1S/C9H10N2O2/c1-2-10-7-8-4-3-5-9(6-8)11(12)13/h3-7H,2H2,1H3. The Morgan fingerprint density at radius 3 is 3.00 bits per heavy atom. The Morgan fingerprint density at radius 1 is 1.62 bits per heavy atom. The Bertz CT molecular complexity index is 334. The lowest BCUT2D eigenvalue weighted by Crippen LogP contribution is -1.89. The third-order valence-electron chi connectivity index (χ3n) is 1.50. The molecule has 0 saturated carbocycles. The molecule has 4 heteroatoms. The summed E-state index contributed by atoms with van der Waals surface area (Å²) in [6.07, 6.45) is 1.63. The van der Waals surface area contributed by atoms with Gasteiger partial charge in [-0.3, -0.25) is 15.1 Å². The lowest BCUT2D eigenvalue weighted by molar-refractivity contribution is -0.384. The third kappa shape index (κ3) is 2.66. The van der Waals surface area contributed by atoms with Gasteiger partial charge < -0.3 is 0 Å². The van der Waals surface area contributed by atoms with Gasteiger partial charge in [0.05, 0.1) is 4.92 Å². The summed E-state index contributed by atoms with van der Waals surface area (Å²) in [6.45, 7) is 2.59. The zero-order valence-electron chi connectivity index (χ0n) is 7.30. The molecule has 0 saturated heterocycles. The molecule has 0 N–H and O–H groups in total. The first-order valence-corrected chi connectivity index (χ1v) is 3.98. The smallest absolute Gasteiger partial charge is 0.270 e. The summed E-state index contributed by atoms with van der Waals surface area (Å²) in [6, 6.07) is 6.39. The summed E-state index contributed by atoms with van der Waals surface area (Å²) in [4.78, 5) is 14.0. The second-order valence-corrected chi connectivity index (χ2v) is 2.48. The zero-order chi connectivity index (χ0) is 9.68. The van der Waals surface area contributed by atoms with Crippen molar-refractivity contribution < 1.29 is 4.92 Å². The molecule has 68 valence electrons. The van der Waals surface area contributed by atoms with Gasteiger partial charge >= 0.3 is 0 Å². The maximum Gasteiger partial charge on any atom is 0.270 e. The minimum atomic E-state index is -0.413. The number of nitrogens with zero attached hydrogens (tertiary/aromatic N) is 2. The second-order valence-electron chi connectivity index (χ2n) is 2.48. The first-order chi connectivity index (χ1) is 6.24. The molecule has 0 radical (unpaired) electrons. The van der Waals surface area contributed by atoms with Gasteiger partial charge in [-0.2, -0.15) is 0 Å². The van der Waals surface area contributed by atoms with E-state index in [1.165, 1.54) is 12.1 Å². The predicted octanol–water partition coefficient (Wildman–Crippen LogP) is 2.03. The van der Waals surface area contributed by atoms with Crippen molar-refractivity contribution in [1.29, 1.82) is 0 Å². The summed E-state index contributed by atoms with van der Waals surface area (Å²) < 4.78 is 0. The maximum atomic E-state index is 10.4. The fourth-order valence-corrected chi connectivity index (χ4v) is 0.915. The number of hydrogen-bond acceptors (Lipinski definition) is 3. The van der Waals surface area contributed by atoms with E-state index in [0.29, 0.717) is 6.54 Å². The normalized spacial score (nSPS) is 10.5. The molecule has 0 aliphatic rings. The van der Waals surface area contributed by atoms with Crippen LogP contribution >= 0.6 is 0 Å². The van der Waals surface area contributed by atoms with Crippen molar-refractivity contribution in [3.8, 4) is 0 Å². The van der Waals surface area contributed by atoms with E-state index in [1.54, 1.807) is 18.3 Å². The number of rotatable bonds is 3. The van der Waals surface area contributed by atoms with Gasteiger partial charge in [0, 0.05) is 24.9 Å². The minimum absolute atomic E-state index is 0.0973. The predicted molar refractivity (Wildman–Crippen MR) is 51.2 cm³/mol. The highest BCUT2D eigenvalue weighted by atomic mass is 16.6. The molecular formula is C9H10N2O2. The van der Waals surface area contributed by atoms with E-state index in [-0.39, 0.29) is 5.69 Å². The Morgan fingerprint density at radius 2 is 2.38 bits per heavy atom. The lowest BCUT2D eigenvalue weighted by Gasteiger charge is -1.92. The molecule has 0 aliphatic heterocycles. The highest BCUT2D eigenvalue weighted by Gasteiger charge is 2.03. The lowest BCUT2D eigenvalue weighted by atomic mass is 10.2. The Hall–Kier alpha value is -1.71. The average molecular weight is 178 g/mol. The molecule has 0 bridgehead atoms. The van der Waals surface area contributed by atoms with Gasteiger partial charge in [0.2, 0.25) is 0 Å². The van der Waals surface area contributed by atoms with Crippen LogP contribution in [0.15, 0.2) is 29.3 Å². The fourth-order valence-electron chi connectivity index (χ4n) is 0.915. The maximum absolute atomic E-state index is 10.4. The molecule has 1 aromatic carbocycles. The number of hydrogen-bond donors (Lipinski definition) is 0. The van der Waals surface area contributed by atoms with E-state index in [2.05, 4.69) is 4.99 Å². The van der Waals surface area contributed by atoms with Crippen molar-refractivity contribution in [1.82, 2.24) is 0 Å². The Labute approximate surface area is 76.1 Å². The number of aliphatic imine (C=N–C) groups is 1. The van der Waals surface area contributed by atoms with Gasteiger partial charge in [-0.1, -0.05) is 12.1 Å². The first kappa shape index (κ1) is 9.38. The molecule has 0 heterocycles. The van der Waals surface area contributed by atoms with Crippen molar-refractivity contribution in [3.63, 3.8) is 0 Å². The van der Waals surface area contributed by atoms with Crippen LogP contribution in [0.5, 0.6) is 0 Å². The number of non-ortho nitro benzene ring substituents is 1. The van der Waals surface area contributed by atoms with Crippen LogP contribution in [0.3, 0.4) is 0 Å². The topological polar surface area (TPSA) is 55.5 Å².